The van der Waals surface area contributed by atoms with Crippen LogP contribution in [0.2, 0.25) is 0 Å². The van der Waals surface area contributed by atoms with Crippen molar-refractivity contribution in [1.29, 1.82) is 0 Å². The van der Waals surface area contributed by atoms with Crippen molar-refractivity contribution < 1.29 is 15.0 Å². The van der Waals surface area contributed by atoms with Crippen molar-refractivity contribution >= 4 is 5.91 Å². The number of carbonyl (C=O) groups is 1. The second-order valence-electron chi connectivity index (χ2n) is 8.06. The zero-order valence-electron chi connectivity index (χ0n) is 15.2. The lowest BCUT2D eigenvalue weighted by Crippen LogP contribution is -2.60. The van der Waals surface area contributed by atoms with E-state index in [1.165, 1.54) is 0 Å². The molecule has 1 amide bonds. The molecule has 0 radical (unpaired) electrons. The van der Waals surface area contributed by atoms with Crippen molar-refractivity contribution in [3.63, 3.8) is 0 Å². The lowest BCUT2D eigenvalue weighted by Gasteiger charge is -2.51. The molecule has 4 saturated heterocycles. The van der Waals surface area contributed by atoms with E-state index in [9.17, 15) is 15.0 Å². The van der Waals surface area contributed by atoms with E-state index >= 15 is 0 Å². The number of aromatic hydroxyl groups is 2. The Kier molecular flexibility index (Phi) is 3.86. The summed E-state index contributed by atoms with van der Waals surface area (Å²) in [4.78, 5) is 17.9. The number of fused-ring (bicyclic) bond motifs is 2. The Bertz CT molecular complexity index is 858. The highest BCUT2D eigenvalue weighted by Crippen LogP contribution is 2.47. The summed E-state index contributed by atoms with van der Waals surface area (Å²) in [5.41, 5.74) is 1.73. The van der Waals surface area contributed by atoms with Crippen LogP contribution in [0, 0.1) is 5.92 Å². The van der Waals surface area contributed by atoms with Gasteiger partial charge in [0.05, 0.1) is 6.04 Å². The van der Waals surface area contributed by atoms with Gasteiger partial charge in [-0.1, -0.05) is 12.1 Å². The molecule has 2 bridgehead atoms. The number of phenols is 2. The number of amides is 1. The molecule has 0 spiro atoms. The van der Waals surface area contributed by atoms with Gasteiger partial charge in [0, 0.05) is 24.1 Å². The Balaban J connectivity index is 1.52. The van der Waals surface area contributed by atoms with Crippen LogP contribution in [0.1, 0.15) is 34.7 Å². The molecule has 2 aromatic carbocycles. The highest BCUT2D eigenvalue weighted by atomic mass is 16.3. The standard InChI is InChI=1S/C22H24N2O3/c25-17-6-4-15(5-7-17)22(27)24-13-19(16-2-1-3-18(26)12-16)21-20(24)14-8-10-23(21)11-9-14/h1-7,12,14,19-21,25-26H,8-11,13H2/t19-,20+,21+/m1/s1. The van der Waals surface area contributed by atoms with Gasteiger partial charge < -0.3 is 15.1 Å². The van der Waals surface area contributed by atoms with Gasteiger partial charge in [0.25, 0.3) is 5.91 Å². The van der Waals surface area contributed by atoms with Gasteiger partial charge in [0.15, 0.2) is 0 Å². The van der Waals surface area contributed by atoms with Gasteiger partial charge in [-0.2, -0.15) is 0 Å². The lowest BCUT2D eigenvalue weighted by molar-refractivity contribution is -0.00341. The molecule has 4 fully saturated rings. The van der Waals surface area contributed by atoms with Crippen molar-refractivity contribution in [3.05, 3.63) is 59.7 Å². The average molecular weight is 364 g/mol. The van der Waals surface area contributed by atoms with Crippen LogP contribution in [0.4, 0.5) is 0 Å². The summed E-state index contributed by atoms with van der Waals surface area (Å²) in [7, 11) is 0. The minimum Gasteiger partial charge on any atom is -0.508 e. The summed E-state index contributed by atoms with van der Waals surface area (Å²) in [6, 6.07) is 14.6. The van der Waals surface area contributed by atoms with Crippen molar-refractivity contribution in [2.45, 2.75) is 30.8 Å². The molecule has 4 aliphatic rings. The predicted molar refractivity (Wildman–Crippen MR) is 102 cm³/mol. The second-order valence-corrected chi connectivity index (χ2v) is 8.06. The van der Waals surface area contributed by atoms with E-state index in [1.807, 2.05) is 12.1 Å². The lowest BCUT2D eigenvalue weighted by atomic mass is 9.75. The Morgan fingerprint density at radius 2 is 1.67 bits per heavy atom. The Morgan fingerprint density at radius 1 is 0.926 bits per heavy atom. The fraction of sp³-hybridized carbons (Fsp3) is 0.409. The van der Waals surface area contributed by atoms with Gasteiger partial charge in [-0.3, -0.25) is 9.69 Å². The number of phenolic OH excluding ortho intramolecular Hbond substituents is 2. The second kappa shape index (κ2) is 6.27. The number of hydrogen-bond donors (Lipinski definition) is 2. The first kappa shape index (κ1) is 16.6. The van der Waals surface area contributed by atoms with Gasteiger partial charge in [-0.25, -0.2) is 0 Å². The van der Waals surface area contributed by atoms with E-state index in [2.05, 4.69) is 15.9 Å². The van der Waals surface area contributed by atoms with E-state index < -0.39 is 0 Å². The molecule has 2 aromatic rings. The molecule has 2 N–H and O–H groups in total. The number of hydrogen-bond acceptors (Lipinski definition) is 4. The number of likely N-dealkylation sites (tertiary alicyclic amines) is 1. The summed E-state index contributed by atoms with van der Waals surface area (Å²) in [5.74, 6) is 1.26. The molecule has 5 nitrogen and oxygen atoms in total. The zero-order chi connectivity index (χ0) is 18.5. The van der Waals surface area contributed by atoms with Crippen LogP contribution in [0.3, 0.4) is 0 Å². The molecule has 3 atom stereocenters. The third-order valence-electron chi connectivity index (χ3n) is 6.67. The highest BCUT2D eigenvalue weighted by molar-refractivity contribution is 5.95. The molecule has 27 heavy (non-hydrogen) atoms. The number of rotatable bonds is 2. The predicted octanol–water partition coefficient (Wildman–Crippen LogP) is 2.80. The molecule has 4 aliphatic heterocycles. The van der Waals surface area contributed by atoms with Crippen LogP contribution in [0.25, 0.3) is 0 Å². The van der Waals surface area contributed by atoms with E-state index in [0.717, 1.165) is 31.5 Å². The van der Waals surface area contributed by atoms with E-state index in [0.29, 0.717) is 24.1 Å². The molecule has 0 saturated carbocycles. The highest BCUT2D eigenvalue weighted by Gasteiger charge is 2.54. The van der Waals surface area contributed by atoms with E-state index in [4.69, 9.17) is 0 Å². The summed E-state index contributed by atoms with van der Waals surface area (Å²) >= 11 is 0. The fourth-order valence-corrected chi connectivity index (χ4v) is 5.47. The summed E-state index contributed by atoms with van der Waals surface area (Å²) in [6.45, 7) is 2.87. The summed E-state index contributed by atoms with van der Waals surface area (Å²) in [5, 5.41) is 19.5. The van der Waals surface area contributed by atoms with Crippen LogP contribution in [-0.4, -0.2) is 57.6 Å². The van der Waals surface area contributed by atoms with Crippen molar-refractivity contribution in [3.8, 4) is 11.5 Å². The first-order valence-electron chi connectivity index (χ1n) is 9.75. The molecular formula is C22H24N2O3. The molecule has 6 rings (SSSR count). The molecular weight excluding hydrogens is 340 g/mol. The Morgan fingerprint density at radius 3 is 2.37 bits per heavy atom. The largest absolute Gasteiger partial charge is 0.508 e. The summed E-state index contributed by atoms with van der Waals surface area (Å²) < 4.78 is 0. The smallest absolute Gasteiger partial charge is 0.254 e. The third kappa shape index (κ3) is 2.69. The Hall–Kier alpha value is -2.53. The van der Waals surface area contributed by atoms with E-state index in [-0.39, 0.29) is 29.4 Å². The van der Waals surface area contributed by atoms with E-state index in [1.54, 1.807) is 30.3 Å². The fourth-order valence-electron chi connectivity index (χ4n) is 5.47. The molecule has 140 valence electrons. The maximum absolute atomic E-state index is 13.3. The van der Waals surface area contributed by atoms with Gasteiger partial charge in [0.2, 0.25) is 0 Å². The topological polar surface area (TPSA) is 64.0 Å². The maximum atomic E-state index is 13.3. The monoisotopic (exact) mass is 364 g/mol. The minimum atomic E-state index is 0.0430. The zero-order valence-corrected chi connectivity index (χ0v) is 15.2. The number of piperidine rings is 3. The number of benzene rings is 2. The quantitative estimate of drug-likeness (QED) is 0.860. The van der Waals surface area contributed by atoms with Gasteiger partial charge in [-0.15, -0.1) is 0 Å². The van der Waals surface area contributed by atoms with Crippen LogP contribution >= 0.6 is 0 Å². The van der Waals surface area contributed by atoms with Crippen molar-refractivity contribution in [2.75, 3.05) is 19.6 Å². The number of carbonyl (C=O) groups excluding carboxylic acids is 1. The third-order valence-corrected chi connectivity index (χ3v) is 6.67. The summed E-state index contributed by atoms with van der Waals surface area (Å²) in [6.07, 6.45) is 2.29. The van der Waals surface area contributed by atoms with Gasteiger partial charge >= 0.3 is 0 Å². The van der Waals surface area contributed by atoms with Gasteiger partial charge in [0.1, 0.15) is 11.5 Å². The molecule has 5 heteroatoms. The average Bonchev–Trinajstić information content (AvgIpc) is 3.12. The normalized spacial score (nSPS) is 31.7. The van der Waals surface area contributed by atoms with Gasteiger partial charge in [-0.05, 0) is 73.8 Å². The van der Waals surface area contributed by atoms with Crippen LogP contribution in [0.15, 0.2) is 48.5 Å². The molecule has 0 aromatic heterocycles. The van der Waals surface area contributed by atoms with Crippen LogP contribution < -0.4 is 0 Å². The molecule has 0 unspecified atom stereocenters. The SMILES string of the molecule is O=C(c1ccc(O)cc1)N1C[C@H](c2cccc(O)c2)[C@H]2[C@@H]1C1CCN2CC1. The number of nitrogens with zero attached hydrogens (tertiary/aromatic N) is 2. The maximum Gasteiger partial charge on any atom is 0.254 e. The molecule has 4 heterocycles. The minimum absolute atomic E-state index is 0.0430. The van der Waals surface area contributed by atoms with Crippen molar-refractivity contribution in [2.24, 2.45) is 5.92 Å². The molecule has 0 aliphatic carbocycles. The first-order valence-corrected chi connectivity index (χ1v) is 9.75. The van der Waals surface area contributed by atoms with Crippen molar-refractivity contribution in [1.82, 2.24) is 9.80 Å². The van der Waals surface area contributed by atoms with Crippen LogP contribution in [-0.2, 0) is 0 Å². The first-order chi connectivity index (χ1) is 13.1. The van der Waals surface area contributed by atoms with Crippen LogP contribution in [0.5, 0.6) is 11.5 Å². The Labute approximate surface area is 158 Å².